The number of rotatable bonds is 4. The van der Waals surface area contributed by atoms with Crippen LogP contribution in [0, 0.1) is 0 Å². The highest BCUT2D eigenvalue weighted by Gasteiger charge is 2.04. The van der Waals surface area contributed by atoms with Gasteiger partial charge in [0.1, 0.15) is 0 Å². The zero-order valence-electron chi connectivity index (χ0n) is 9.31. The number of likely N-dealkylation sites (N-methyl/N-ethyl adjacent to an activating group) is 1. The average Bonchev–Trinajstić information content (AvgIpc) is 2.27. The van der Waals surface area contributed by atoms with E-state index in [1.54, 1.807) is 11.0 Å². The molecule has 2 heteroatoms. The third-order valence-corrected chi connectivity index (χ3v) is 2.13. The van der Waals surface area contributed by atoms with Gasteiger partial charge >= 0.3 is 0 Å². The molecule has 0 heterocycles. The van der Waals surface area contributed by atoms with E-state index in [0.717, 1.165) is 12.0 Å². The van der Waals surface area contributed by atoms with E-state index >= 15 is 0 Å². The largest absolute Gasteiger partial charge is 0.338 e. The smallest absolute Gasteiger partial charge is 0.246 e. The number of carbonyl (C=O) groups is 1. The Morgan fingerprint density at radius 3 is 2.60 bits per heavy atom. The van der Waals surface area contributed by atoms with Gasteiger partial charge in [0.2, 0.25) is 5.91 Å². The molecule has 1 rings (SSSR count). The Morgan fingerprint density at radius 1 is 1.33 bits per heavy atom. The SMILES string of the molecule is CC/C=C/C(=O)N(C)Cc1ccccc1. The van der Waals surface area contributed by atoms with Crippen LogP contribution < -0.4 is 0 Å². The van der Waals surface area contributed by atoms with Crippen molar-refractivity contribution >= 4 is 5.91 Å². The van der Waals surface area contributed by atoms with E-state index in [9.17, 15) is 4.79 Å². The molecule has 0 bridgehead atoms. The number of amides is 1. The molecule has 80 valence electrons. The lowest BCUT2D eigenvalue weighted by atomic mass is 10.2. The van der Waals surface area contributed by atoms with E-state index < -0.39 is 0 Å². The summed E-state index contributed by atoms with van der Waals surface area (Å²) in [5.41, 5.74) is 1.15. The number of benzene rings is 1. The fourth-order valence-electron chi connectivity index (χ4n) is 1.28. The number of hydrogen-bond donors (Lipinski definition) is 0. The second-order valence-electron chi connectivity index (χ2n) is 3.49. The molecule has 1 aromatic carbocycles. The van der Waals surface area contributed by atoms with Crippen molar-refractivity contribution in [3.63, 3.8) is 0 Å². The number of carbonyl (C=O) groups excluding carboxylic acids is 1. The first-order valence-electron chi connectivity index (χ1n) is 5.19. The summed E-state index contributed by atoms with van der Waals surface area (Å²) >= 11 is 0. The van der Waals surface area contributed by atoms with Crippen molar-refractivity contribution in [2.24, 2.45) is 0 Å². The molecule has 0 saturated carbocycles. The van der Waals surface area contributed by atoms with Crippen LogP contribution in [0.4, 0.5) is 0 Å². The van der Waals surface area contributed by atoms with Crippen molar-refractivity contribution in [3.8, 4) is 0 Å². The number of allylic oxidation sites excluding steroid dienone is 1. The maximum Gasteiger partial charge on any atom is 0.246 e. The summed E-state index contributed by atoms with van der Waals surface area (Å²) in [6.07, 6.45) is 4.40. The van der Waals surface area contributed by atoms with Crippen molar-refractivity contribution in [2.45, 2.75) is 19.9 Å². The monoisotopic (exact) mass is 203 g/mol. The lowest BCUT2D eigenvalue weighted by molar-refractivity contribution is -0.125. The molecule has 1 amide bonds. The highest BCUT2D eigenvalue weighted by Crippen LogP contribution is 2.03. The van der Waals surface area contributed by atoms with Gasteiger partial charge in [0.15, 0.2) is 0 Å². The fourth-order valence-corrected chi connectivity index (χ4v) is 1.28. The van der Waals surface area contributed by atoms with Gasteiger partial charge in [-0.15, -0.1) is 0 Å². The lowest BCUT2D eigenvalue weighted by Crippen LogP contribution is -2.24. The molecular formula is C13H17NO. The van der Waals surface area contributed by atoms with Gasteiger partial charge in [0.05, 0.1) is 0 Å². The van der Waals surface area contributed by atoms with E-state index in [1.807, 2.05) is 50.4 Å². The van der Waals surface area contributed by atoms with Crippen LogP contribution >= 0.6 is 0 Å². The zero-order valence-corrected chi connectivity index (χ0v) is 9.31. The minimum absolute atomic E-state index is 0.0562. The third-order valence-electron chi connectivity index (χ3n) is 2.13. The quantitative estimate of drug-likeness (QED) is 0.689. The molecule has 0 saturated heterocycles. The fraction of sp³-hybridized carbons (Fsp3) is 0.308. The summed E-state index contributed by atoms with van der Waals surface area (Å²) in [6.45, 7) is 2.68. The third kappa shape index (κ3) is 3.98. The summed E-state index contributed by atoms with van der Waals surface area (Å²) < 4.78 is 0. The van der Waals surface area contributed by atoms with Crippen molar-refractivity contribution in [3.05, 3.63) is 48.0 Å². The summed E-state index contributed by atoms with van der Waals surface area (Å²) in [5, 5.41) is 0. The Balaban J connectivity index is 2.52. The molecule has 0 aliphatic carbocycles. The number of nitrogens with zero attached hydrogens (tertiary/aromatic N) is 1. The molecular weight excluding hydrogens is 186 g/mol. The topological polar surface area (TPSA) is 20.3 Å². The van der Waals surface area contributed by atoms with Gasteiger partial charge in [0.25, 0.3) is 0 Å². The highest BCUT2D eigenvalue weighted by atomic mass is 16.2. The van der Waals surface area contributed by atoms with E-state index in [4.69, 9.17) is 0 Å². The molecule has 0 atom stereocenters. The maximum absolute atomic E-state index is 11.5. The molecule has 0 aromatic heterocycles. The molecule has 2 nitrogen and oxygen atoms in total. The van der Waals surface area contributed by atoms with Crippen molar-refractivity contribution in [2.75, 3.05) is 7.05 Å². The zero-order chi connectivity index (χ0) is 11.1. The summed E-state index contributed by atoms with van der Waals surface area (Å²) in [4.78, 5) is 13.3. The van der Waals surface area contributed by atoms with Gasteiger partial charge in [-0.25, -0.2) is 0 Å². The Hall–Kier alpha value is -1.57. The van der Waals surface area contributed by atoms with Crippen molar-refractivity contribution in [1.82, 2.24) is 4.90 Å². The first-order valence-corrected chi connectivity index (χ1v) is 5.19. The molecule has 15 heavy (non-hydrogen) atoms. The van der Waals surface area contributed by atoms with Crippen LogP contribution in [0.5, 0.6) is 0 Å². The predicted octanol–water partition coefficient (Wildman–Crippen LogP) is 2.61. The van der Waals surface area contributed by atoms with Gasteiger partial charge < -0.3 is 4.90 Å². The minimum Gasteiger partial charge on any atom is -0.338 e. The average molecular weight is 203 g/mol. The van der Waals surface area contributed by atoms with Gasteiger partial charge in [0, 0.05) is 13.6 Å². The Kier molecular flexibility index (Phi) is 4.61. The van der Waals surface area contributed by atoms with Crippen LogP contribution in [0.15, 0.2) is 42.5 Å². The maximum atomic E-state index is 11.5. The van der Waals surface area contributed by atoms with Gasteiger partial charge in [-0.1, -0.05) is 43.3 Å². The molecule has 0 aliphatic rings. The van der Waals surface area contributed by atoms with Crippen LogP contribution in [0.1, 0.15) is 18.9 Å². The predicted molar refractivity (Wildman–Crippen MR) is 62.3 cm³/mol. The molecule has 0 aliphatic heterocycles. The summed E-state index contributed by atoms with van der Waals surface area (Å²) in [7, 11) is 1.81. The van der Waals surface area contributed by atoms with E-state index in [2.05, 4.69) is 0 Å². The van der Waals surface area contributed by atoms with Crippen molar-refractivity contribution in [1.29, 1.82) is 0 Å². The van der Waals surface area contributed by atoms with Crippen molar-refractivity contribution < 1.29 is 4.79 Å². The van der Waals surface area contributed by atoms with Gasteiger partial charge in [-0.05, 0) is 18.1 Å². The minimum atomic E-state index is 0.0562. The van der Waals surface area contributed by atoms with Crippen LogP contribution in [-0.4, -0.2) is 17.9 Å². The van der Waals surface area contributed by atoms with Crippen LogP contribution in [0.2, 0.25) is 0 Å². The van der Waals surface area contributed by atoms with Crippen LogP contribution in [-0.2, 0) is 11.3 Å². The van der Waals surface area contributed by atoms with Crippen LogP contribution in [0.25, 0.3) is 0 Å². The van der Waals surface area contributed by atoms with E-state index in [1.165, 1.54) is 0 Å². The second-order valence-corrected chi connectivity index (χ2v) is 3.49. The van der Waals surface area contributed by atoms with E-state index in [-0.39, 0.29) is 5.91 Å². The standard InChI is InChI=1S/C13H17NO/c1-3-4-10-13(15)14(2)11-12-8-6-5-7-9-12/h4-10H,3,11H2,1-2H3/b10-4+. The lowest BCUT2D eigenvalue weighted by Gasteiger charge is -2.14. The molecule has 0 fully saturated rings. The molecule has 0 N–H and O–H groups in total. The van der Waals surface area contributed by atoms with Gasteiger partial charge in [-0.3, -0.25) is 4.79 Å². The Bertz CT molecular complexity index is 330. The Morgan fingerprint density at radius 2 is 2.00 bits per heavy atom. The second kappa shape index (κ2) is 6.02. The van der Waals surface area contributed by atoms with E-state index in [0.29, 0.717) is 6.54 Å². The first kappa shape index (κ1) is 11.5. The number of hydrogen-bond acceptors (Lipinski definition) is 1. The Labute approximate surface area is 91.2 Å². The normalized spacial score (nSPS) is 10.5. The molecule has 0 unspecified atom stereocenters. The first-order chi connectivity index (χ1) is 7.24. The highest BCUT2D eigenvalue weighted by molar-refractivity contribution is 5.87. The van der Waals surface area contributed by atoms with Gasteiger partial charge in [-0.2, -0.15) is 0 Å². The summed E-state index contributed by atoms with van der Waals surface area (Å²) in [6, 6.07) is 9.98. The molecule has 1 aromatic rings. The molecule has 0 spiro atoms. The summed E-state index contributed by atoms with van der Waals surface area (Å²) in [5.74, 6) is 0.0562. The van der Waals surface area contributed by atoms with Crippen LogP contribution in [0.3, 0.4) is 0 Å². The molecule has 0 radical (unpaired) electrons.